The van der Waals surface area contributed by atoms with Gasteiger partial charge in [-0.25, -0.2) is 8.42 Å². The number of ether oxygens (including phenoxy) is 1. The molecule has 6 nitrogen and oxygen atoms in total. The Morgan fingerprint density at radius 1 is 1.09 bits per heavy atom. The van der Waals surface area contributed by atoms with Gasteiger partial charge in [0.2, 0.25) is 0 Å². The van der Waals surface area contributed by atoms with E-state index in [1.165, 1.54) is 0 Å². The van der Waals surface area contributed by atoms with Gasteiger partial charge >= 0.3 is 0 Å². The molecular weight excluding hydrogens is 471 g/mol. The van der Waals surface area contributed by atoms with Gasteiger partial charge in [-0.05, 0) is 68.6 Å². The molecule has 1 amide bonds. The van der Waals surface area contributed by atoms with Crippen molar-refractivity contribution in [2.24, 2.45) is 11.8 Å². The van der Waals surface area contributed by atoms with Crippen molar-refractivity contribution in [1.29, 1.82) is 0 Å². The average Bonchev–Trinajstić information content (AvgIpc) is 3.57. The van der Waals surface area contributed by atoms with Gasteiger partial charge < -0.3 is 10.1 Å². The summed E-state index contributed by atoms with van der Waals surface area (Å²) in [7, 11) is -3.02. The van der Waals surface area contributed by atoms with E-state index in [1.807, 2.05) is 0 Å². The van der Waals surface area contributed by atoms with Crippen molar-refractivity contribution < 1.29 is 17.9 Å². The van der Waals surface area contributed by atoms with Gasteiger partial charge in [-0.15, -0.1) is 0 Å². The van der Waals surface area contributed by atoms with Gasteiger partial charge in [0.05, 0.1) is 34.8 Å². The maximum atomic E-state index is 13.0. The van der Waals surface area contributed by atoms with Gasteiger partial charge in [0.15, 0.2) is 9.84 Å². The summed E-state index contributed by atoms with van der Waals surface area (Å²) in [5, 5.41) is 3.79. The first-order valence-corrected chi connectivity index (χ1v) is 14.1. The number of carbonyl (C=O) groups excluding carboxylic acids is 1. The number of morpholine rings is 1. The van der Waals surface area contributed by atoms with Crippen molar-refractivity contribution in [3.05, 3.63) is 33.8 Å². The monoisotopic (exact) mass is 502 g/mol. The van der Waals surface area contributed by atoms with Gasteiger partial charge in [0.1, 0.15) is 0 Å². The van der Waals surface area contributed by atoms with E-state index < -0.39 is 9.84 Å². The molecule has 1 aromatic rings. The quantitative estimate of drug-likeness (QED) is 0.584. The van der Waals surface area contributed by atoms with Gasteiger partial charge in [-0.3, -0.25) is 9.69 Å². The number of rotatable bonds is 8. The normalized spacial score (nSPS) is 25.9. The van der Waals surface area contributed by atoms with Crippen molar-refractivity contribution in [2.45, 2.75) is 49.8 Å². The Labute approximate surface area is 200 Å². The smallest absolute Gasteiger partial charge is 0.253 e. The fraction of sp³-hybridized carbons (Fsp3) is 0.696. The zero-order valence-electron chi connectivity index (χ0n) is 18.3. The molecule has 3 aliphatic rings. The van der Waals surface area contributed by atoms with Crippen molar-refractivity contribution in [3.63, 3.8) is 0 Å². The van der Waals surface area contributed by atoms with Gasteiger partial charge in [0, 0.05) is 30.7 Å². The molecule has 0 spiro atoms. The number of sulfone groups is 1. The van der Waals surface area contributed by atoms with Crippen molar-refractivity contribution in [3.8, 4) is 0 Å². The van der Waals surface area contributed by atoms with E-state index in [0.717, 1.165) is 45.3 Å². The maximum absolute atomic E-state index is 13.0. The third-order valence-electron chi connectivity index (χ3n) is 7.01. The molecule has 178 valence electrons. The molecular formula is C23H32Cl2N2O4S. The van der Waals surface area contributed by atoms with Gasteiger partial charge in [-0.2, -0.15) is 0 Å². The zero-order chi connectivity index (χ0) is 22.7. The summed E-state index contributed by atoms with van der Waals surface area (Å²) in [5.41, 5.74) is 0.406. The average molecular weight is 503 g/mol. The third kappa shape index (κ3) is 6.38. The second kappa shape index (κ2) is 10.6. The molecule has 0 bridgehead atoms. The lowest BCUT2D eigenvalue weighted by Crippen LogP contribution is -2.51. The van der Waals surface area contributed by atoms with Crippen LogP contribution in [0.15, 0.2) is 18.2 Å². The SMILES string of the molecule is O=C(NC(CN1CCOCC1)C1CCC(S(=O)(=O)CC2CC2)CC1)c1ccc(Cl)cc1Cl. The van der Waals surface area contributed by atoms with E-state index >= 15 is 0 Å². The topological polar surface area (TPSA) is 75.7 Å². The molecule has 2 saturated carbocycles. The van der Waals surface area contributed by atoms with E-state index in [9.17, 15) is 13.2 Å². The van der Waals surface area contributed by atoms with Crippen LogP contribution in [0.1, 0.15) is 48.9 Å². The Bertz CT molecular complexity index is 909. The number of benzene rings is 1. The van der Waals surface area contributed by atoms with E-state index in [4.69, 9.17) is 27.9 Å². The maximum Gasteiger partial charge on any atom is 0.253 e. The zero-order valence-corrected chi connectivity index (χ0v) is 20.6. The highest BCUT2D eigenvalue weighted by molar-refractivity contribution is 7.92. The highest BCUT2D eigenvalue weighted by Crippen LogP contribution is 2.36. The Balaban J connectivity index is 1.42. The molecule has 4 rings (SSSR count). The number of carbonyl (C=O) groups is 1. The summed E-state index contributed by atoms with van der Waals surface area (Å²) < 4.78 is 30.9. The predicted octanol–water partition coefficient (Wildman–Crippen LogP) is 3.81. The van der Waals surface area contributed by atoms with Crippen LogP contribution in [0.5, 0.6) is 0 Å². The molecule has 1 saturated heterocycles. The van der Waals surface area contributed by atoms with Crippen LogP contribution < -0.4 is 5.32 Å². The minimum Gasteiger partial charge on any atom is -0.379 e. The molecule has 3 fully saturated rings. The van der Waals surface area contributed by atoms with Crippen LogP contribution in [-0.4, -0.2) is 69.1 Å². The minimum absolute atomic E-state index is 0.0700. The molecule has 1 unspecified atom stereocenters. The fourth-order valence-electron chi connectivity index (χ4n) is 4.89. The second-order valence-electron chi connectivity index (χ2n) is 9.43. The first kappa shape index (κ1) is 24.3. The second-order valence-corrected chi connectivity index (χ2v) is 12.6. The molecule has 1 aromatic carbocycles. The summed E-state index contributed by atoms with van der Waals surface area (Å²) >= 11 is 12.2. The van der Waals surface area contributed by atoms with Crippen molar-refractivity contribution >= 4 is 38.9 Å². The highest BCUT2D eigenvalue weighted by atomic mass is 35.5. The highest BCUT2D eigenvalue weighted by Gasteiger charge is 2.38. The Morgan fingerprint density at radius 2 is 1.78 bits per heavy atom. The van der Waals surface area contributed by atoms with Crippen LogP contribution in [0.4, 0.5) is 0 Å². The Kier molecular flexibility index (Phi) is 8.04. The van der Waals surface area contributed by atoms with Crippen LogP contribution in [-0.2, 0) is 14.6 Å². The van der Waals surface area contributed by atoms with E-state index in [2.05, 4.69) is 10.2 Å². The number of hydrogen-bond acceptors (Lipinski definition) is 5. The summed E-state index contributed by atoms with van der Waals surface area (Å²) in [6.07, 6.45) is 5.06. The first-order chi connectivity index (χ1) is 15.3. The summed E-state index contributed by atoms with van der Waals surface area (Å²) in [6, 6.07) is 4.81. The van der Waals surface area contributed by atoms with Crippen LogP contribution in [0.2, 0.25) is 10.0 Å². The lowest BCUT2D eigenvalue weighted by atomic mass is 9.83. The summed E-state index contributed by atoms with van der Waals surface area (Å²) in [5.74, 6) is 0.759. The molecule has 1 atom stereocenters. The van der Waals surface area contributed by atoms with Gasteiger partial charge in [0.25, 0.3) is 5.91 Å². The number of nitrogens with zero attached hydrogens (tertiary/aromatic N) is 1. The summed E-state index contributed by atoms with van der Waals surface area (Å²) in [4.78, 5) is 15.4. The third-order valence-corrected chi connectivity index (χ3v) is 9.98. The molecule has 0 radical (unpaired) electrons. The molecule has 1 heterocycles. The molecule has 2 aliphatic carbocycles. The number of hydrogen-bond donors (Lipinski definition) is 1. The van der Waals surface area contributed by atoms with Crippen LogP contribution in [0.25, 0.3) is 0 Å². The van der Waals surface area contributed by atoms with Crippen molar-refractivity contribution in [1.82, 2.24) is 10.2 Å². The first-order valence-electron chi connectivity index (χ1n) is 11.6. The van der Waals surface area contributed by atoms with Crippen LogP contribution in [0, 0.1) is 11.8 Å². The number of amides is 1. The van der Waals surface area contributed by atoms with E-state index in [0.29, 0.717) is 53.3 Å². The lowest BCUT2D eigenvalue weighted by molar-refractivity contribution is 0.0283. The molecule has 0 aromatic heterocycles. The van der Waals surface area contributed by atoms with Gasteiger partial charge in [-0.1, -0.05) is 23.2 Å². The molecule has 1 aliphatic heterocycles. The van der Waals surface area contributed by atoms with E-state index in [1.54, 1.807) is 18.2 Å². The fourth-order valence-corrected chi connectivity index (χ4v) is 7.64. The molecule has 9 heteroatoms. The van der Waals surface area contributed by atoms with Crippen LogP contribution in [0.3, 0.4) is 0 Å². The molecule has 32 heavy (non-hydrogen) atoms. The summed E-state index contributed by atoms with van der Waals surface area (Å²) in [6.45, 7) is 3.77. The van der Waals surface area contributed by atoms with E-state index in [-0.39, 0.29) is 23.1 Å². The number of halogens is 2. The largest absolute Gasteiger partial charge is 0.379 e. The van der Waals surface area contributed by atoms with Crippen LogP contribution >= 0.6 is 23.2 Å². The van der Waals surface area contributed by atoms with Crippen molar-refractivity contribution in [2.75, 3.05) is 38.6 Å². The standard InChI is InChI=1S/C23H32Cl2N2O4S/c24-18-5-8-20(21(25)13-18)23(28)26-22(14-27-9-11-31-12-10-27)17-3-6-19(7-4-17)32(29,30)15-16-1-2-16/h5,8,13,16-17,19,22H,1-4,6-7,9-12,14-15H2,(H,26,28). The Morgan fingerprint density at radius 3 is 2.41 bits per heavy atom. The number of nitrogens with one attached hydrogen (secondary N) is 1. The lowest BCUT2D eigenvalue weighted by Gasteiger charge is -2.38. The predicted molar refractivity (Wildman–Crippen MR) is 127 cm³/mol. The minimum atomic E-state index is -3.02. The Hall–Kier alpha value is -0.860. The molecule has 1 N–H and O–H groups in total.